The number of nitrogens with one attached hydrogen (secondary N) is 1. The number of nitrogens with zero attached hydrogens (tertiary/aromatic N) is 3. The Hall–Kier alpha value is -2.96. The number of ether oxygens (including phenoxy) is 1. The second-order valence-electron chi connectivity index (χ2n) is 8.56. The number of thiophene rings is 2. The molecular formula is C24H27N5O4S3. The van der Waals surface area contributed by atoms with Crippen LogP contribution in [0.1, 0.15) is 49.4 Å². The molecule has 1 unspecified atom stereocenters. The number of hydrogen-bond donors (Lipinski definition) is 2. The second-order valence-corrected chi connectivity index (χ2v) is 11.5. The van der Waals surface area contributed by atoms with Crippen LogP contribution in [0.3, 0.4) is 0 Å². The Bertz CT molecular complexity index is 1340. The fraction of sp³-hybridized carbons (Fsp3) is 0.375. The van der Waals surface area contributed by atoms with Crippen molar-refractivity contribution in [2.24, 2.45) is 11.7 Å². The smallest absolute Gasteiger partial charge is 0.341 e. The summed E-state index contributed by atoms with van der Waals surface area (Å²) in [5, 5.41) is 14.5. The monoisotopic (exact) mass is 545 g/mol. The summed E-state index contributed by atoms with van der Waals surface area (Å²) in [6, 6.07) is 0. The van der Waals surface area contributed by atoms with Crippen LogP contribution in [0.15, 0.2) is 23.2 Å². The number of carbonyl (C=O) groups is 3. The van der Waals surface area contributed by atoms with E-state index in [-0.39, 0.29) is 27.1 Å². The number of amides is 2. The zero-order chi connectivity index (χ0) is 26.0. The third-order valence-corrected chi connectivity index (χ3v) is 9.26. The molecule has 9 nitrogen and oxygen atoms in total. The van der Waals surface area contributed by atoms with E-state index in [0.29, 0.717) is 23.2 Å². The lowest BCUT2D eigenvalue weighted by molar-refractivity contribution is -0.113. The predicted molar refractivity (Wildman–Crippen MR) is 143 cm³/mol. The van der Waals surface area contributed by atoms with Crippen LogP contribution >= 0.6 is 34.4 Å². The number of esters is 1. The number of thioether (sulfide) groups is 1. The highest BCUT2D eigenvalue weighted by atomic mass is 32.2. The molecule has 1 aliphatic rings. The van der Waals surface area contributed by atoms with Crippen molar-refractivity contribution < 1.29 is 19.1 Å². The molecule has 1 atom stereocenters. The Morgan fingerprint density at radius 3 is 2.86 bits per heavy atom. The molecule has 0 aliphatic heterocycles. The van der Waals surface area contributed by atoms with Gasteiger partial charge in [0.1, 0.15) is 5.00 Å². The summed E-state index contributed by atoms with van der Waals surface area (Å²) in [6.07, 6.45) is 5.05. The number of carbonyl (C=O) groups excluding carboxylic acids is 3. The fourth-order valence-corrected chi connectivity index (χ4v) is 7.28. The first-order valence-corrected chi connectivity index (χ1v) is 14.0. The normalized spacial score (nSPS) is 14.8. The van der Waals surface area contributed by atoms with Gasteiger partial charge in [-0.2, -0.15) is 0 Å². The Kier molecular flexibility index (Phi) is 7.96. The van der Waals surface area contributed by atoms with Crippen molar-refractivity contribution in [2.75, 3.05) is 18.2 Å². The van der Waals surface area contributed by atoms with Gasteiger partial charge in [0, 0.05) is 22.4 Å². The van der Waals surface area contributed by atoms with Crippen molar-refractivity contribution in [3.63, 3.8) is 0 Å². The predicted octanol–water partition coefficient (Wildman–Crippen LogP) is 4.30. The standard InChI is InChI=1S/C24H27N5O4S3/c1-5-8-29-21(15-10-34-16-9-12(2)6-7-14(15)16)27-28-24(29)35-11-17(30)26-22-18(23(32)33-4)13(3)19(36-22)20(25)31/h5,10,12H,1,6-9,11H2,2-4H3,(H2,25,31)(H,26,30). The zero-order valence-corrected chi connectivity index (χ0v) is 22.7. The van der Waals surface area contributed by atoms with Crippen molar-refractivity contribution in [1.29, 1.82) is 0 Å². The van der Waals surface area contributed by atoms with E-state index < -0.39 is 11.9 Å². The molecule has 0 radical (unpaired) electrons. The maximum atomic E-state index is 12.8. The summed E-state index contributed by atoms with van der Waals surface area (Å²) in [7, 11) is 1.24. The van der Waals surface area contributed by atoms with Crippen LogP contribution in [-0.2, 0) is 28.9 Å². The molecule has 36 heavy (non-hydrogen) atoms. The highest BCUT2D eigenvalue weighted by molar-refractivity contribution is 7.99. The van der Waals surface area contributed by atoms with Gasteiger partial charge in [-0.05, 0) is 43.2 Å². The molecular weight excluding hydrogens is 518 g/mol. The van der Waals surface area contributed by atoms with Gasteiger partial charge in [0.25, 0.3) is 5.91 Å². The van der Waals surface area contributed by atoms with Crippen LogP contribution < -0.4 is 11.1 Å². The summed E-state index contributed by atoms with van der Waals surface area (Å²) >= 11 is 3.96. The third kappa shape index (κ3) is 5.11. The number of allylic oxidation sites excluding steroid dienone is 1. The van der Waals surface area contributed by atoms with E-state index in [1.54, 1.807) is 24.3 Å². The SMILES string of the molecule is C=CCn1c(SCC(=O)Nc2sc(C(N)=O)c(C)c2C(=O)OC)nnc1-c1csc2c1CCC(C)C2. The molecule has 2 amide bonds. The lowest BCUT2D eigenvalue weighted by atomic mass is 9.88. The molecule has 12 heteroatoms. The maximum absolute atomic E-state index is 12.8. The number of anilines is 1. The minimum Gasteiger partial charge on any atom is -0.465 e. The summed E-state index contributed by atoms with van der Waals surface area (Å²) in [5.74, 6) is -0.198. The number of nitrogens with two attached hydrogens (primary N) is 1. The van der Waals surface area contributed by atoms with Crippen molar-refractivity contribution in [2.45, 2.75) is 44.8 Å². The molecule has 0 fully saturated rings. The summed E-state index contributed by atoms with van der Waals surface area (Å²) in [4.78, 5) is 38.4. The number of primary amides is 1. The Morgan fingerprint density at radius 2 is 2.17 bits per heavy atom. The van der Waals surface area contributed by atoms with Gasteiger partial charge in [0.15, 0.2) is 11.0 Å². The molecule has 0 aromatic carbocycles. The van der Waals surface area contributed by atoms with Gasteiger partial charge in [-0.3, -0.25) is 14.2 Å². The molecule has 0 saturated carbocycles. The van der Waals surface area contributed by atoms with Crippen LogP contribution in [0.2, 0.25) is 0 Å². The Balaban J connectivity index is 1.53. The number of fused-ring (bicyclic) bond motifs is 1. The number of rotatable bonds is 9. The number of methoxy groups -OCH3 is 1. The van der Waals surface area contributed by atoms with Gasteiger partial charge in [0.05, 0.1) is 23.3 Å². The summed E-state index contributed by atoms with van der Waals surface area (Å²) in [5.41, 5.74) is 8.37. The quantitative estimate of drug-likeness (QED) is 0.233. The molecule has 3 aromatic rings. The Morgan fingerprint density at radius 1 is 1.39 bits per heavy atom. The lowest BCUT2D eigenvalue weighted by Crippen LogP contribution is -2.16. The van der Waals surface area contributed by atoms with Gasteiger partial charge in [-0.1, -0.05) is 24.8 Å². The largest absolute Gasteiger partial charge is 0.465 e. The van der Waals surface area contributed by atoms with Crippen LogP contribution in [0.25, 0.3) is 11.4 Å². The maximum Gasteiger partial charge on any atom is 0.341 e. The van der Waals surface area contributed by atoms with Crippen molar-refractivity contribution >= 4 is 57.2 Å². The third-order valence-electron chi connectivity index (χ3n) is 6.02. The first kappa shape index (κ1) is 26.1. The Labute approximate surface area is 221 Å². The number of aromatic nitrogens is 3. The van der Waals surface area contributed by atoms with Gasteiger partial charge >= 0.3 is 5.97 Å². The van der Waals surface area contributed by atoms with Crippen molar-refractivity contribution in [1.82, 2.24) is 14.8 Å². The molecule has 3 heterocycles. The van der Waals surface area contributed by atoms with E-state index in [4.69, 9.17) is 10.5 Å². The first-order valence-electron chi connectivity index (χ1n) is 11.3. The van der Waals surface area contributed by atoms with E-state index in [9.17, 15) is 14.4 Å². The van der Waals surface area contributed by atoms with Gasteiger partial charge < -0.3 is 15.8 Å². The van der Waals surface area contributed by atoms with Crippen molar-refractivity contribution in [3.05, 3.63) is 44.5 Å². The average Bonchev–Trinajstić information content (AvgIpc) is 3.52. The van der Waals surface area contributed by atoms with E-state index in [0.717, 1.165) is 42.0 Å². The van der Waals surface area contributed by atoms with Crippen LogP contribution in [0.4, 0.5) is 5.00 Å². The van der Waals surface area contributed by atoms with E-state index in [1.165, 1.54) is 29.3 Å². The van der Waals surface area contributed by atoms with Gasteiger partial charge in [-0.25, -0.2) is 4.79 Å². The zero-order valence-electron chi connectivity index (χ0n) is 20.3. The molecule has 3 N–H and O–H groups in total. The van der Waals surface area contributed by atoms with Gasteiger partial charge in [0.2, 0.25) is 5.91 Å². The number of hydrogen-bond acceptors (Lipinski definition) is 9. The highest BCUT2D eigenvalue weighted by Crippen LogP contribution is 2.38. The van der Waals surface area contributed by atoms with E-state index >= 15 is 0 Å². The fourth-order valence-electron chi connectivity index (χ4n) is 4.23. The minimum atomic E-state index is -0.673. The topological polar surface area (TPSA) is 129 Å². The highest BCUT2D eigenvalue weighted by Gasteiger charge is 2.27. The van der Waals surface area contributed by atoms with Crippen LogP contribution in [-0.4, -0.2) is 45.4 Å². The van der Waals surface area contributed by atoms with E-state index in [1.807, 2.05) is 4.57 Å². The molecule has 3 aromatic heterocycles. The molecule has 0 saturated heterocycles. The summed E-state index contributed by atoms with van der Waals surface area (Å²) < 4.78 is 6.78. The van der Waals surface area contributed by atoms with Crippen LogP contribution in [0.5, 0.6) is 0 Å². The van der Waals surface area contributed by atoms with Crippen LogP contribution in [0, 0.1) is 12.8 Å². The molecule has 0 bridgehead atoms. The molecule has 190 valence electrons. The first-order chi connectivity index (χ1) is 17.2. The van der Waals surface area contributed by atoms with Crippen molar-refractivity contribution in [3.8, 4) is 11.4 Å². The minimum absolute atomic E-state index is 0.0258. The molecule has 4 rings (SSSR count). The van der Waals surface area contributed by atoms with E-state index in [2.05, 4.69) is 34.4 Å². The lowest BCUT2D eigenvalue weighted by Gasteiger charge is -2.19. The van der Waals surface area contributed by atoms with Gasteiger partial charge in [-0.15, -0.1) is 39.4 Å². The second kappa shape index (κ2) is 11.0. The molecule has 1 aliphatic carbocycles. The average molecular weight is 546 g/mol. The molecule has 0 spiro atoms. The summed E-state index contributed by atoms with van der Waals surface area (Å²) in [6.45, 7) is 8.24.